The van der Waals surface area contributed by atoms with Crippen LogP contribution in [0.25, 0.3) is 0 Å². The van der Waals surface area contributed by atoms with E-state index in [0.717, 1.165) is 25.0 Å². The number of hydrogen-bond acceptors (Lipinski definition) is 5. The predicted octanol–water partition coefficient (Wildman–Crippen LogP) is 0.564. The SMILES string of the molecule is CCCCOC(=O)[C@H](C)NC(=O)/C=C/C(=O)OC. The third-order valence-corrected chi connectivity index (χ3v) is 2.03. The van der Waals surface area contributed by atoms with Gasteiger partial charge in [0, 0.05) is 12.2 Å². The summed E-state index contributed by atoms with van der Waals surface area (Å²) >= 11 is 0. The third-order valence-electron chi connectivity index (χ3n) is 2.03. The molecule has 0 radical (unpaired) electrons. The molecule has 0 spiro atoms. The number of ether oxygens (including phenoxy) is 2. The molecule has 0 aromatic carbocycles. The summed E-state index contributed by atoms with van der Waals surface area (Å²) in [5.41, 5.74) is 0. The van der Waals surface area contributed by atoms with E-state index in [1.165, 1.54) is 14.0 Å². The molecule has 1 amide bonds. The first kappa shape index (κ1) is 16.1. The number of hydrogen-bond donors (Lipinski definition) is 1. The zero-order valence-corrected chi connectivity index (χ0v) is 10.9. The van der Waals surface area contributed by atoms with Crippen LogP contribution < -0.4 is 5.32 Å². The molecule has 6 nitrogen and oxygen atoms in total. The lowest BCUT2D eigenvalue weighted by Gasteiger charge is -2.11. The first-order valence-electron chi connectivity index (χ1n) is 5.74. The number of unbranched alkanes of at least 4 members (excludes halogenated alkanes) is 1. The molecule has 0 saturated heterocycles. The fourth-order valence-electron chi connectivity index (χ4n) is 0.974. The van der Waals surface area contributed by atoms with Crippen molar-refractivity contribution in [2.75, 3.05) is 13.7 Å². The van der Waals surface area contributed by atoms with E-state index in [1.807, 2.05) is 6.92 Å². The van der Waals surface area contributed by atoms with Gasteiger partial charge in [0.05, 0.1) is 13.7 Å². The molecule has 0 rings (SSSR count). The number of methoxy groups -OCH3 is 1. The van der Waals surface area contributed by atoms with Crippen molar-refractivity contribution in [1.82, 2.24) is 5.32 Å². The zero-order valence-electron chi connectivity index (χ0n) is 10.9. The second kappa shape index (κ2) is 9.21. The number of nitrogens with one attached hydrogen (secondary N) is 1. The first-order valence-corrected chi connectivity index (χ1v) is 5.74. The molecule has 0 aromatic heterocycles. The van der Waals surface area contributed by atoms with E-state index in [0.29, 0.717) is 6.61 Å². The Kier molecular flexibility index (Phi) is 8.26. The number of carbonyl (C=O) groups excluding carboxylic acids is 3. The number of rotatable bonds is 7. The van der Waals surface area contributed by atoms with Crippen LogP contribution in [0.1, 0.15) is 26.7 Å². The first-order chi connectivity index (χ1) is 8.51. The summed E-state index contributed by atoms with van der Waals surface area (Å²) < 4.78 is 9.24. The molecule has 0 aromatic rings. The van der Waals surface area contributed by atoms with Crippen LogP contribution in [0.5, 0.6) is 0 Å². The van der Waals surface area contributed by atoms with Crippen LogP contribution in [0.15, 0.2) is 12.2 Å². The Morgan fingerprint density at radius 2 is 1.94 bits per heavy atom. The molecule has 0 heterocycles. The van der Waals surface area contributed by atoms with E-state index >= 15 is 0 Å². The highest BCUT2D eigenvalue weighted by atomic mass is 16.5. The van der Waals surface area contributed by atoms with Crippen molar-refractivity contribution in [3.05, 3.63) is 12.2 Å². The van der Waals surface area contributed by atoms with Gasteiger partial charge in [0.2, 0.25) is 5.91 Å². The number of esters is 2. The summed E-state index contributed by atoms with van der Waals surface area (Å²) in [5, 5.41) is 2.38. The lowest BCUT2D eigenvalue weighted by atomic mass is 10.3. The quantitative estimate of drug-likeness (QED) is 0.409. The van der Waals surface area contributed by atoms with Crippen LogP contribution in [0, 0.1) is 0 Å². The van der Waals surface area contributed by atoms with Crippen molar-refractivity contribution >= 4 is 17.8 Å². The predicted molar refractivity (Wildman–Crippen MR) is 64.6 cm³/mol. The second-order valence-electron chi connectivity index (χ2n) is 3.61. The Bertz CT molecular complexity index is 324. The molecular weight excluding hydrogens is 238 g/mol. The molecule has 1 atom stereocenters. The molecule has 0 fully saturated rings. The summed E-state index contributed by atoms with van der Waals surface area (Å²) in [4.78, 5) is 33.4. The molecule has 0 aliphatic heterocycles. The molecule has 0 unspecified atom stereocenters. The Morgan fingerprint density at radius 1 is 1.28 bits per heavy atom. The Labute approximate surface area is 106 Å². The van der Waals surface area contributed by atoms with Crippen LogP contribution >= 0.6 is 0 Å². The molecular formula is C12H19NO5. The van der Waals surface area contributed by atoms with E-state index in [9.17, 15) is 14.4 Å². The van der Waals surface area contributed by atoms with Gasteiger partial charge in [-0.2, -0.15) is 0 Å². The standard InChI is InChI=1S/C12H19NO5/c1-4-5-8-18-12(16)9(2)13-10(14)6-7-11(15)17-3/h6-7,9H,4-5,8H2,1-3H3,(H,13,14)/b7-6+/t9-/m0/s1. The van der Waals surface area contributed by atoms with Gasteiger partial charge < -0.3 is 14.8 Å². The highest BCUT2D eigenvalue weighted by Crippen LogP contribution is 1.93. The van der Waals surface area contributed by atoms with Crippen LogP contribution in [0.4, 0.5) is 0 Å². The van der Waals surface area contributed by atoms with Crippen molar-refractivity contribution < 1.29 is 23.9 Å². The lowest BCUT2D eigenvalue weighted by Crippen LogP contribution is -2.38. The summed E-state index contributed by atoms with van der Waals surface area (Å²) in [5.74, 6) is -1.69. The normalized spacial score (nSPS) is 11.9. The molecule has 6 heteroatoms. The van der Waals surface area contributed by atoms with Gasteiger partial charge in [-0.25, -0.2) is 9.59 Å². The average molecular weight is 257 g/mol. The molecule has 18 heavy (non-hydrogen) atoms. The van der Waals surface area contributed by atoms with Crippen molar-refractivity contribution in [3.8, 4) is 0 Å². The topological polar surface area (TPSA) is 81.7 Å². The average Bonchev–Trinajstić information content (AvgIpc) is 2.35. The fourth-order valence-corrected chi connectivity index (χ4v) is 0.974. The molecule has 0 saturated carbocycles. The van der Waals surface area contributed by atoms with Crippen LogP contribution in [0.3, 0.4) is 0 Å². The maximum Gasteiger partial charge on any atom is 0.330 e. The van der Waals surface area contributed by atoms with Crippen LogP contribution in [-0.2, 0) is 23.9 Å². The van der Waals surface area contributed by atoms with Crippen LogP contribution in [0.2, 0.25) is 0 Å². The second-order valence-corrected chi connectivity index (χ2v) is 3.61. The molecule has 102 valence electrons. The minimum absolute atomic E-state index is 0.341. The number of carbonyl (C=O) groups is 3. The van der Waals surface area contributed by atoms with Gasteiger partial charge in [-0.3, -0.25) is 4.79 Å². The van der Waals surface area contributed by atoms with Gasteiger partial charge in [0.15, 0.2) is 0 Å². The largest absolute Gasteiger partial charge is 0.466 e. The summed E-state index contributed by atoms with van der Waals surface area (Å²) in [6.45, 7) is 3.84. The zero-order chi connectivity index (χ0) is 14.0. The maximum absolute atomic E-state index is 11.4. The van der Waals surface area contributed by atoms with E-state index < -0.39 is 23.9 Å². The maximum atomic E-state index is 11.4. The summed E-state index contributed by atoms with van der Waals surface area (Å²) in [7, 11) is 1.21. The van der Waals surface area contributed by atoms with Crippen molar-refractivity contribution in [3.63, 3.8) is 0 Å². The smallest absolute Gasteiger partial charge is 0.330 e. The van der Waals surface area contributed by atoms with Gasteiger partial charge in [0.1, 0.15) is 6.04 Å². The molecule has 0 bridgehead atoms. The monoisotopic (exact) mass is 257 g/mol. The number of amides is 1. The highest BCUT2D eigenvalue weighted by molar-refractivity contribution is 5.96. The Hall–Kier alpha value is -1.85. The highest BCUT2D eigenvalue weighted by Gasteiger charge is 2.15. The summed E-state index contributed by atoms with van der Waals surface area (Å²) in [6, 6.07) is -0.753. The van der Waals surface area contributed by atoms with E-state index in [2.05, 4.69) is 10.1 Å². The van der Waals surface area contributed by atoms with Crippen molar-refractivity contribution in [2.24, 2.45) is 0 Å². The molecule has 0 aliphatic rings. The van der Waals surface area contributed by atoms with Crippen LogP contribution in [-0.4, -0.2) is 37.6 Å². The van der Waals surface area contributed by atoms with Gasteiger partial charge in [0.25, 0.3) is 0 Å². The van der Waals surface area contributed by atoms with E-state index in [4.69, 9.17) is 4.74 Å². The molecule has 1 N–H and O–H groups in total. The fraction of sp³-hybridized carbons (Fsp3) is 0.583. The minimum atomic E-state index is -0.753. The third kappa shape index (κ3) is 7.43. The Morgan fingerprint density at radius 3 is 2.50 bits per heavy atom. The van der Waals surface area contributed by atoms with Gasteiger partial charge >= 0.3 is 11.9 Å². The van der Waals surface area contributed by atoms with Gasteiger partial charge in [-0.1, -0.05) is 13.3 Å². The van der Waals surface area contributed by atoms with E-state index in [-0.39, 0.29) is 0 Å². The van der Waals surface area contributed by atoms with Gasteiger partial charge in [-0.15, -0.1) is 0 Å². The lowest BCUT2D eigenvalue weighted by molar-refractivity contribution is -0.147. The van der Waals surface area contributed by atoms with E-state index in [1.54, 1.807) is 0 Å². The van der Waals surface area contributed by atoms with Gasteiger partial charge in [-0.05, 0) is 13.3 Å². The Balaban J connectivity index is 4.02. The van der Waals surface area contributed by atoms with Crippen molar-refractivity contribution in [1.29, 1.82) is 0 Å². The summed E-state index contributed by atoms with van der Waals surface area (Å²) in [6.07, 6.45) is 3.69. The minimum Gasteiger partial charge on any atom is -0.466 e. The van der Waals surface area contributed by atoms with Crippen molar-refractivity contribution in [2.45, 2.75) is 32.7 Å². The molecule has 0 aliphatic carbocycles.